The zero-order chi connectivity index (χ0) is 15.3. The smallest absolute Gasteiger partial charge is 0.229 e. The number of hydrogen-bond donors (Lipinski definition) is 1. The number of hydrogen-bond acceptors (Lipinski definition) is 3. The molecule has 0 radical (unpaired) electrons. The third kappa shape index (κ3) is 4.37. The minimum atomic E-state index is -0.439. The summed E-state index contributed by atoms with van der Waals surface area (Å²) in [6.07, 6.45) is 3.47. The lowest BCUT2D eigenvalue weighted by atomic mass is 9.95. The molecule has 20 heavy (non-hydrogen) atoms. The minimum Gasteiger partial charge on any atom is -0.501 e. The van der Waals surface area contributed by atoms with Gasteiger partial charge in [0.25, 0.3) is 0 Å². The number of amides is 1. The Morgan fingerprint density at radius 3 is 2.60 bits per heavy atom. The van der Waals surface area contributed by atoms with E-state index in [1.54, 1.807) is 6.26 Å². The molecule has 4 nitrogen and oxygen atoms in total. The highest BCUT2D eigenvalue weighted by Gasteiger charge is 2.22. The Labute approximate surface area is 121 Å². The normalized spacial score (nSPS) is 11.7. The molecule has 0 saturated carbocycles. The first-order valence-electron chi connectivity index (χ1n) is 6.83. The molecule has 1 N–H and O–H groups in total. The van der Waals surface area contributed by atoms with E-state index in [1.807, 2.05) is 53.7 Å². The quantitative estimate of drug-likeness (QED) is 0.853. The van der Waals surface area contributed by atoms with Gasteiger partial charge in [-0.05, 0) is 32.9 Å². The van der Waals surface area contributed by atoms with E-state index in [1.165, 1.54) is 0 Å². The van der Waals surface area contributed by atoms with Crippen LogP contribution < -0.4 is 5.32 Å². The van der Waals surface area contributed by atoms with E-state index in [-0.39, 0.29) is 5.91 Å². The number of anilines is 1. The maximum Gasteiger partial charge on any atom is 0.229 e. The Bertz CT molecular complexity index is 514. The summed E-state index contributed by atoms with van der Waals surface area (Å²) >= 11 is 0. The van der Waals surface area contributed by atoms with E-state index in [0.717, 1.165) is 22.6 Å². The van der Waals surface area contributed by atoms with Crippen LogP contribution >= 0.6 is 0 Å². The minimum absolute atomic E-state index is 0.0199. The standard InChI is InChI=1S/C16H24N2O2/c1-7-20-9-8-13-12(3)17-11(2)10-14(13)18-15(19)16(4,5)6/h8-10H,7H2,1-6H3,(H,17,18,19)/b9-8+. The molecule has 110 valence electrons. The molecule has 0 spiro atoms. The molecule has 0 aliphatic heterocycles. The number of aromatic nitrogens is 1. The maximum absolute atomic E-state index is 12.2. The van der Waals surface area contributed by atoms with Crippen LogP contribution in [0.25, 0.3) is 6.08 Å². The molecule has 0 aliphatic carbocycles. The lowest BCUT2D eigenvalue weighted by Crippen LogP contribution is -2.28. The second-order valence-electron chi connectivity index (χ2n) is 5.77. The van der Waals surface area contributed by atoms with E-state index < -0.39 is 5.41 Å². The third-order valence-electron chi connectivity index (χ3n) is 2.80. The van der Waals surface area contributed by atoms with E-state index in [2.05, 4.69) is 10.3 Å². The van der Waals surface area contributed by atoms with Crippen LogP contribution in [0.1, 0.15) is 44.6 Å². The molecule has 0 aliphatic rings. The van der Waals surface area contributed by atoms with Gasteiger partial charge < -0.3 is 10.1 Å². The number of nitrogens with one attached hydrogen (secondary N) is 1. The molecule has 1 aromatic rings. The van der Waals surface area contributed by atoms with Crippen molar-refractivity contribution in [1.29, 1.82) is 0 Å². The maximum atomic E-state index is 12.2. The Morgan fingerprint density at radius 2 is 2.05 bits per heavy atom. The molecule has 0 atom stereocenters. The van der Waals surface area contributed by atoms with Crippen molar-refractivity contribution in [2.75, 3.05) is 11.9 Å². The molecule has 4 heteroatoms. The van der Waals surface area contributed by atoms with Gasteiger partial charge in [-0.1, -0.05) is 20.8 Å². The highest BCUT2D eigenvalue weighted by Crippen LogP contribution is 2.24. The Hall–Kier alpha value is -1.84. The molecule has 1 aromatic heterocycles. The number of ether oxygens (including phenoxy) is 1. The highest BCUT2D eigenvalue weighted by atomic mass is 16.5. The van der Waals surface area contributed by atoms with Gasteiger partial charge in [0, 0.05) is 22.4 Å². The van der Waals surface area contributed by atoms with E-state index in [4.69, 9.17) is 4.74 Å². The largest absolute Gasteiger partial charge is 0.501 e. The first-order valence-corrected chi connectivity index (χ1v) is 6.83. The average Bonchev–Trinajstić information content (AvgIpc) is 2.31. The molecule has 1 rings (SSSR count). The Balaban J connectivity index is 3.13. The second-order valence-corrected chi connectivity index (χ2v) is 5.77. The van der Waals surface area contributed by atoms with Gasteiger partial charge in [-0.3, -0.25) is 9.78 Å². The van der Waals surface area contributed by atoms with Crippen molar-refractivity contribution in [2.24, 2.45) is 5.41 Å². The molecule has 0 unspecified atom stereocenters. The van der Waals surface area contributed by atoms with Crippen molar-refractivity contribution in [3.8, 4) is 0 Å². The number of aryl methyl sites for hydroxylation is 2. The van der Waals surface area contributed by atoms with Gasteiger partial charge in [0.15, 0.2) is 0 Å². The van der Waals surface area contributed by atoms with Crippen LogP contribution in [0.3, 0.4) is 0 Å². The summed E-state index contributed by atoms with van der Waals surface area (Å²) in [6, 6.07) is 1.88. The number of pyridine rings is 1. The fraction of sp³-hybridized carbons (Fsp3) is 0.500. The van der Waals surface area contributed by atoms with Crippen LogP contribution in [0.15, 0.2) is 12.3 Å². The van der Waals surface area contributed by atoms with Crippen molar-refractivity contribution in [3.05, 3.63) is 29.3 Å². The molecular formula is C16H24N2O2. The fourth-order valence-electron chi connectivity index (χ4n) is 1.67. The summed E-state index contributed by atoms with van der Waals surface area (Å²) in [5, 5.41) is 2.97. The van der Waals surface area contributed by atoms with Crippen molar-refractivity contribution in [1.82, 2.24) is 4.98 Å². The molecule has 0 bridgehead atoms. The Morgan fingerprint density at radius 1 is 1.40 bits per heavy atom. The van der Waals surface area contributed by atoms with Gasteiger partial charge in [0.2, 0.25) is 5.91 Å². The third-order valence-corrected chi connectivity index (χ3v) is 2.80. The second kappa shape index (κ2) is 6.55. The van der Waals surface area contributed by atoms with E-state index in [9.17, 15) is 4.79 Å². The van der Waals surface area contributed by atoms with Gasteiger partial charge in [-0.25, -0.2) is 0 Å². The van der Waals surface area contributed by atoms with Crippen LogP contribution in [-0.4, -0.2) is 17.5 Å². The lowest BCUT2D eigenvalue weighted by molar-refractivity contribution is -0.123. The first-order chi connectivity index (χ1) is 9.25. The summed E-state index contributed by atoms with van der Waals surface area (Å²) in [7, 11) is 0. The summed E-state index contributed by atoms with van der Waals surface area (Å²) in [5.74, 6) is -0.0199. The zero-order valence-electron chi connectivity index (χ0n) is 13.2. The van der Waals surface area contributed by atoms with Crippen molar-refractivity contribution in [3.63, 3.8) is 0 Å². The first kappa shape index (κ1) is 16.2. The molecule has 1 amide bonds. The molecule has 0 aromatic carbocycles. The van der Waals surface area contributed by atoms with Crippen LogP contribution in [0.5, 0.6) is 0 Å². The SMILES string of the molecule is CCO/C=C/c1c(NC(=O)C(C)(C)C)cc(C)nc1C. The van der Waals surface area contributed by atoms with E-state index >= 15 is 0 Å². The van der Waals surface area contributed by atoms with Gasteiger partial charge in [-0.2, -0.15) is 0 Å². The summed E-state index contributed by atoms with van der Waals surface area (Å²) in [5.41, 5.74) is 2.95. The number of nitrogens with zero attached hydrogens (tertiary/aromatic N) is 1. The monoisotopic (exact) mass is 276 g/mol. The zero-order valence-corrected chi connectivity index (χ0v) is 13.2. The number of rotatable bonds is 4. The highest BCUT2D eigenvalue weighted by molar-refractivity contribution is 5.96. The fourth-order valence-corrected chi connectivity index (χ4v) is 1.67. The van der Waals surface area contributed by atoms with Gasteiger partial charge in [0.1, 0.15) is 0 Å². The summed E-state index contributed by atoms with van der Waals surface area (Å²) < 4.78 is 5.23. The van der Waals surface area contributed by atoms with Crippen molar-refractivity contribution < 1.29 is 9.53 Å². The predicted molar refractivity (Wildman–Crippen MR) is 82.5 cm³/mol. The molecular weight excluding hydrogens is 252 g/mol. The van der Waals surface area contributed by atoms with Gasteiger partial charge in [0.05, 0.1) is 18.6 Å². The summed E-state index contributed by atoms with van der Waals surface area (Å²) in [4.78, 5) is 16.6. The van der Waals surface area contributed by atoms with Crippen LogP contribution in [0, 0.1) is 19.3 Å². The van der Waals surface area contributed by atoms with Crippen molar-refractivity contribution in [2.45, 2.75) is 41.5 Å². The number of carbonyl (C=O) groups excluding carboxylic acids is 1. The van der Waals surface area contributed by atoms with Gasteiger partial charge in [-0.15, -0.1) is 0 Å². The van der Waals surface area contributed by atoms with Crippen LogP contribution in [0.2, 0.25) is 0 Å². The van der Waals surface area contributed by atoms with Gasteiger partial charge >= 0.3 is 0 Å². The molecule has 0 fully saturated rings. The van der Waals surface area contributed by atoms with E-state index in [0.29, 0.717) is 6.61 Å². The lowest BCUT2D eigenvalue weighted by Gasteiger charge is -2.19. The molecule has 0 saturated heterocycles. The predicted octanol–water partition coefficient (Wildman–Crippen LogP) is 3.69. The van der Waals surface area contributed by atoms with Crippen molar-refractivity contribution >= 4 is 17.7 Å². The van der Waals surface area contributed by atoms with Crippen LogP contribution in [-0.2, 0) is 9.53 Å². The average molecular weight is 276 g/mol. The number of carbonyl (C=O) groups is 1. The Kier molecular flexibility index (Phi) is 5.31. The topological polar surface area (TPSA) is 51.2 Å². The summed E-state index contributed by atoms with van der Waals surface area (Å²) in [6.45, 7) is 12.0. The molecule has 1 heterocycles. The van der Waals surface area contributed by atoms with Crippen LogP contribution in [0.4, 0.5) is 5.69 Å².